The first kappa shape index (κ1) is 10.3. The maximum atomic E-state index is 4.09. The molecule has 2 aromatic heterocycles. The minimum atomic E-state index is 0.497. The van der Waals surface area contributed by atoms with E-state index in [0.717, 1.165) is 24.5 Å². The molecule has 6 heteroatoms. The Kier molecular flexibility index (Phi) is 2.79. The predicted molar refractivity (Wildman–Crippen MR) is 61.7 cm³/mol. The molecule has 0 aromatic carbocycles. The molecule has 1 aliphatic heterocycles. The summed E-state index contributed by atoms with van der Waals surface area (Å²) in [6, 6.07) is 4.33. The van der Waals surface area contributed by atoms with Gasteiger partial charge in [0, 0.05) is 18.7 Å². The highest BCUT2D eigenvalue weighted by Crippen LogP contribution is 2.12. The Hall–Kier alpha value is -1.82. The summed E-state index contributed by atoms with van der Waals surface area (Å²) in [5.74, 6) is 0.886. The Labute approximate surface area is 99.1 Å². The van der Waals surface area contributed by atoms with E-state index in [0.29, 0.717) is 6.04 Å². The number of tetrazole rings is 1. The molecular weight excluding hydrogens is 216 g/mol. The van der Waals surface area contributed by atoms with E-state index in [1.165, 1.54) is 12.8 Å². The van der Waals surface area contributed by atoms with E-state index >= 15 is 0 Å². The third-order valence-corrected chi connectivity index (χ3v) is 3.02. The van der Waals surface area contributed by atoms with Crippen molar-refractivity contribution in [2.45, 2.75) is 25.3 Å². The van der Waals surface area contributed by atoms with Crippen molar-refractivity contribution < 1.29 is 0 Å². The van der Waals surface area contributed by atoms with Crippen LogP contribution in [-0.2, 0) is 6.42 Å². The summed E-state index contributed by atoms with van der Waals surface area (Å²) in [5.41, 5.74) is 0.908. The summed E-state index contributed by atoms with van der Waals surface area (Å²) in [6.45, 7) is 1.10. The second-order valence-corrected chi connectivity index (χ2v) is 4.22. The summed E-state index contributed by atoms with van der Waals surface area (Å²) >= 11 is 0. The Morgan fingerprint density at radius 3 is 3.24 bits per heavy atom. The normalized spacial score (nSPS) is 19.6. The standard InChI is InChI=1S/C11H14N6/c1-3-9(13-6-1)7-11-14-15-16-17(11)10-4-2-5-12-8-10/h2,4-5,8-9,13H,1,3,6-7H2. The average molecular weight is 230 g/mol. The molecule has 6 nitrogen and oxygen atoms in total. The Morgan fingerprint density at radius 1 is 1.47 bits per heavy atom. The van der Waals surface area contributed by atoms with Crippen LogP contribution in [0.1, 0.15) is 18.7 Å². The lowest BCUT2D eigenvalue weighted by Gasteiger charge is -2.09. The SMILES string of the molecule is c1cncc(-n2nnnc2CC2CCCN2)c1. The van der Waals surface area contributed by atoms with Crippen LogP contribution in [-0.4, -0.2) is 37.8 Å². The molecule has 0 spiro atoms. The van der Waals surface area contributed by atoms with Crippen LogP contribution in [0, 0.1) is 0 Å². The van der Waals surface area contributed by atoms with Gasteiger partial charge in [0.05, 0.1) is 11.9 Å². The van der Waals surface area contributed by atoms with Gasteiger partial charge in [-0.05, 0) is 41.9 Å². The molecule has 1 atom stereocenters. The zero-order valence-corrected chi connectivity index (χ0v) is 9.45. The third kappa shape index (κ3) is 2.16. The minimum Gasteiger partial charge on any atom is -0.314 e. The van der Waals surface area contributed by atoms with Gasteiger partial charge < -0.3 is 5.32 Å². The largest absolute Gasteiger partial charge is 0.314 e. The second kappa shape index (κ2) is 4.58. The topological polar surface area (TPSA) is 68.5 Å². The smallest absolute Gasteiger partial charge is 0.158 e. The lowest BCUT2D eigenvalue weighted by atomic mass is 10.1. The molecule has 0 aliphatic carbocycles. The van der Waals surface area contributed by atoms with Crippen LogP contribution in [0.4, 0.5) is 0 Å². The average Bonchev–Trinajstić information content (AvgIpc) is 3.02. The van der Waals surface area contributed by atoms with Gasteiger partial charge in [0.25, 0.3) is 0 Å². The fraction of sp³-hybridized carbons (Fsp3) is 0.455. The number of nitrogens with one attached hydrogen (secondary N) is 1. The maximum absolute atomic E-state index is 4.09. The number of pyridine rings is 1. The van der Waals surface area contributed by atoms with E-state index < -0.39 is 0 Å². The molecule has 1 aliphatic rings. The van der Waals surface area contributed by atoms with Gasteiger partial charge in [-0.15, -0.1) is 5.10 Å². The summed E-state index contributed by atoms with van der Waals surface area (Å²) in [7, 11) is 0. The molecule has 0 bridgehead atoms. The molecule has 1 saturated heterocycles. The molecule has 1 N–H and O–H groups in total. The summed E-state index contributed by atoms with van der Waals surface area (Å²) < 4.78 is 1.76. The van der Waals surface area contributed by atoms with E-state index in [9.17, 15) is 0 Å². The summed E-state index contributed by atoms with van der Waals surface area (Å²) in [5, 5.41) is 15.3. The van der Waals surface area contributed by atoms with E-state index in [2.05, 4.69) is 25.8 Å². The molecule has 1 unspecified atom stereocenters. The monoisotopic (exact) mass is 230 g/mol. The van der Waals surface area contributed by atoms with Gasteiger partial charge in [0.15, 0.2) is 5.82 Å². The van der Waals surface area contributed by atoms with Gasteiger partial charge in [-0.2, -0.15) is 4.68 Å². The minimum absolute atomic E-state index is 0.497. The quantitative estimate of drug-likeness (QED) is 0.824. The zero-order chi connectivity index (χ0) is 11.5. The third-order valence-electron chi connectivity index (χ3n) is 3.02. The van der Waals surface area contributed by atoms with Crippen molar-refractivity contribution in [2.75, 3.05) is 6.54 Å². The summed E-state index contributed by atoms with van der Waals surface area (Å²) in [4.78, 5) is 4.08. The van der Waals surface area contributed by atoms with Gasteiger partial charge in [0.1, 0.15) is 0 Å². The van der Waals surface area contributed by atoms with Crippen molar-refractivity contribution in [3.8, 4) is 5.69 Å². The van der Waals surface area contributed by atoms with Crippen LogP contribution in [0.15, 0.2) is 24.5 Å². The molecule has 0 radical (unpaired) electrons. The van der Waals surface area contributed by atoms with E-state index in [-0.39, 0.29) is 0 Å². The van der Waals surface area contributed by atoms with E-state index in [1.54, 1.807) is 17.1 Å². The first-order valence-corrected chi connectivity index (χ1v) is 5.84. The number of hydrogen-bond donors (Lipinski definition) is 1. The van der Waals surface area contributed by atoms with Gasteiger partial charge in [0.2, 0.25) is 0 Å². The fourth-order valence-electron chi connectivity index (χ4n) is 2.16. The lowest BCUT2D eigenvalue weighted by Crippen LogP contribution is -2.25. The molecular formula is C11H14N6. The predicted octanol–water partition coefficient (Wildman–Crippen LogP) is 0.352. The van der Waals surface area contributed by atoms with E-state index in [1.807, 2.05) is 12.1 Å². The van der Waals surface area contributed by atoms with Crippen LogP contribution in [0.2, 0.25) is 0 Å². The number of nitrogens with zero attached hydrogens (tertiary/aromatic N) is 5. The Balaban J connectivity index is 1.84. The van der Waals surface area contributed by atoms with Crippen molar-refractivity contribution in [3.05, 3.63) is 30.4 Å². The fourth-order valence-corrected chi connectivity index (χ4v) is 2.16. The van der Waals surface area contributed by atoms with Crippen LogP contribution >= 0.6 is 0 Å². The molecule has 0 amide bonds. The van der Waals surface area contributed by atoms with Gasteiger partial charge in [-0.25, -0.2) is 0 Å². The number of rotatable bonds is 3. The van der Waals surface area contributed by atoms with Gasteiger partial charge in [-0.3, -0.25) is 4.98 Å². The van der Waals surface area contributed by atoms with Gasteiger partial charge >= 0.3 is 0 Å². The first-order chi connectivity index (χ1) is 8.43. The molecule has 17 heavy (non-hydrogen) atoms. The highest BCUT2D eigenvalue weighted by Gasteiger charge is 2.18. The van der Waals surface area contributed by atoms with Crippen molar-refractivity contribution in [2.24, 2.45) is 0 Å². The molecule has 0 saturated carbocycles. The lowest BCUT2D eigenvalue weighted by molar-refractivity contribution is 0.575. The summed E-state index contributed by atoms with van der Waals surface area (Å²) in [6.07, 6.45) is 6.80. The van der Waals surface area contributed by atoms with Crippen molar-refractivity contribution in [1.29, 1.82) is 0 Å². The van der Waals surface area contributed by atoms with Crippen LogP contribution in [0.5, 0.6) is 0 Å². The first-order valence-electron chi connectivity index (χ1n) is 5.84. The highest BCUT2D eigenvalue weighted by molar-refractivity contribution is 5.26. The van der Waals surface area contributed by atoms with Crippen molar-refractivity contribution in [3.63, 3.8) is 0 Å². The second-order valence-electron chi connectivity index (χ2n) is 4.22. The maximum Gasteiger partial charge on any atom is 0.158 e. The van der Waals surface area contributed by atoms with E-state index in [4.69, 9.17) is 0 Å². The van der Waals surface area contributed by atoms with Crippen LogP contribution < -0.4 is 5.32 Å². The molecule has 88 valence electrons. The molecule has 3 heterocycles. The Morgan fingerprint density at radius 2 is 2.47 bits per heavy atom. The zero-order valence-electron chi connectivity index (χ0n) is 9.45. The number of aromatic nitrogens is 5. The van der Waals surface area contributed by atoms with Crippen molar-refractivity contribution >= 4 is 0 Å². The van der Waals surface area contributed by atoms with Crippen molar-refractivity contribution in [1.82, 2.24) is 30.5 Å². The number of hydrogen-bond acceptors (Lipinski definition) is 5. The molecule has 1 fully saturated rings. The molecule has 3 rings (SSSR count). The highest BCUT2D eigenvalue weighted by atomic mass is 15.5. The van der Waals surface area contributed by atoms with Crippen LogP contribution in [0.3, 0.4) is 0 Å². The van der Waals surface area contributed by atoms with Gasteiger partial charge in [-0.1, -0.05) is 0 Å². The molecule has 2 aromatic rings. The van der Waals surface area contributed by atoms with Crippen LogP contribution in [0.25, 0.3) is 5.69 Å². The Bertz CT molecular complexity index is 474.